The van der Waals surface area contributed by atoms with Crippen LogP contribution in [0.3, 0.4) is 0 Å². The van der Waals surface area contributed by atoms with Crippen molar-refractivity contribution in [3.8, 4) is 36.1 Å². The molecule has 252 valence electrons. The number of amides is 1. The summed E-state index contributed by atoms with van der Waals surface area (Å²) in [6, 6.07) is 22.5. The molecular formula is C40H29N9O3. The lowest BCUT2D eigenvalue weighted by atomic mass is 10.0. The van der Waals surface area contributed by atoms with Gasteiger partial charge in [0, 0.05) is 48.7 Å². The smallest absolute Gasteiger partial charge is 0.356 e. The van der Waals surface area contributed by atoms with Gasteiger partial charge < -0.3 is 10.0 Å². The van der Waals surface area contributed by atoms with Gasteiger partial charge in [-0.2, -0.15) is 0 Å². The van der Waals surface area contributed by atoms with E-state index >= 15 is 0 Å². The van der Waals surface area contributed by atoms with Gasteiger partial charge in [-0.1, -0.05) is 24.0 Å². The number of aliphatic imine (C=N–C) groups is 2. The van der Waals surface area contributed by atoms with Crippen LogP contribution in [0.4, 0.5) is 0 Å². The number of imidazole rings is 2. The van der Waals surface area contributed by atoms with Crippen LogP contribution in [-0.2, 0) is 13.1 Å². The van der Waals surface area contributed by atoms with Crippen molar-refractivity contribution in [3.63, 3.8) is 0 Å². The van der Waals surface area contributed by atoms with Crippen molar-refractivity contribution in [1.82, 2.24) is 34.0 Å². The van der Waals surface area contributed by atoms with E-state index in [-0.39, 0.29) is 18.1 Å². The van der Waals surface area contributed by atoms with Crippen LogP contribution < -0.4 is 0 Å². The number of carboxylic acids is 1. The molecule has 1 amide bonds. The van der Waals surface area contributed by atoms with E-state index in [0.717, 1.165) is 45.2 Å². The summed E-state index contributed by atoms with van der Waals surface area (Å²) >= 11 is 0. The topological polar surface area (TPSA) is 144 Å². The molecule has 0 fully saturated rings. The average Bonchev–Trinajstić information content (AvgIpc) is 3.72. The number of hydrogen-bond acceptors (Lipinski definition) is 8. The molecule has 8 rings (SSSR count). The number of aromatic nitrogens is 6. The summed E-state index contributed by atoms with van der Waals surface area (Å²) in [7, 11) is 3.42. The average molecular weight is 684 g/mol. The van der Waals surface area contributed by atoms with Gasteiger partial charge in [0.05, 0.1) is 58.7 Å². The minimum absolute atomic E-state index is 0.00185. The fourth-order valence-corrected chi connectivity index (χ4v) is 6.01. The van der Waals surface area contributed by atoms with Gasteiger partial charge in [0.15, 0.2) is 11.4 Å². The normalized spacial score (nSPS) is 12.3. The Balaban J connectivity index is 0.000000162. The first kappa shape index (κ1) is 33.1. The Hall–Kier alpha value is -7.44. The molecule has 2 aromatic carbocycles. The number of terminal acetylenes is 2. The van der Waals surface area contributed by atoms with Crippen molar-refractivity contribution in [2.24, 2.45) is 9.98 Å². The number of benzene rings is 2. The van der Waals surface area contributed by atoms with Crippen LogP contribution in [-0.4, -0.2) is 76.5 Å². The van der Waals surface area contributed by atoms with Gasteiger partial charge in [-0.15, -0.1) is 12.8 Å². The van der Waals surface area contributed by atoms with Gasteiger partial charge in [0.25, 0.3) is 5.91 Å². The predicted molar refractivity (Wildman–Crippen MR) is 195 cm³/mol. The second-order valence-electron chi connectivity index (χ2n) is 11.8. The van der Waals surface area contributed by atoms with E-state index in [1.165, 1.54) is 11.2 Å². The maximum absolute atomic E-state index is 12.5. The number of nitrogens with zero attached hydrogens (tertiary/aromatic N) is 9. The highest BCUT2D eigenvalue weighted by Gasteiger charge is 2.27. The molecule has 4 aromatic heterocycles. The number of carboxylic acid groups (broad SMARTS) is 1. The molecular weight excluding hydrogens is 655 g/mol. The van der Waals surface area contributed by atoms with Crippen LogP contribution in [0.15, 0.2) is 108 Å². The lowest BCUT2D eigenvalue weighted by Gasteiger charge is -2.12. The maximum Gasteiger partial charge on any atom is 0.356 e. The predicted octanol–water partition coefficient (Wildman–Crippen LogP) is 4.60. The standard InChI is InChI=1S/C21H17N5O.C19H12N4O2/c1-4-14-8-9-17-15(11-14)19(16-7-5-6-10-22-16)23-12-18-20(21(27)25(2)3)24-13-26(17)18;1-2-12-6-7-15-13(9-12)17(14-5-3-4-8-20-14)21-10-16-18(19(24)25)22-11-23(15)16/h1,5-11,13H,12H2,2-3H3;1,3-9,11H,10H2,(H,24,25). The molecule has 0 saturated heterocycles. The van der Waals surface area contributed by atoms with Crippen LogP contribution in [0.2, 0.25) is 0 Å². The highest BCUT2D eigenvalue weighted by Crippen LogP contribution is 2.29. The highest BCUT2D eigenvalue weighted by atomic mass is 16.4. The summed E-state index contributed by atoms with van der Waals surface area (Å²) in [6.45, 7) is 0.508. The molecule has 6 heterocycles. The summed E-state index contributed by atoms with van der Waals surface area (Å²) in [5, 5.41) is 9.37. The fourth-order valence-electron chi connectivity index (χ4n) is 6.01. The summed E-state index contributed by atoms with van der Waals surface area (Å²) in [4.78, 5) is 52.1. The van der Waals surface area contributed by atoms with Crippen LogP contribution in [0.1, 0.15) is 66.0 Å². The number of aromatic carboxylic acids is 1. The van der Waals surface area contributed by atoms with E-state index in [4.69, 9.17) is 17.8 Å². The van der Waals surface area contributed by atoms with Gasteiger partial charge in [-0.3, -0.25) is 33.9 Å². The van der Waals surface area contributed by atoms with Crippen molar-refractivity contribution >= 4 is 23.3 Å². The number of rotatable bonds is 4. The molecule has 12 nitrogen and oxygen atoms in total. The van der Waals surface area contributed by atoms with Gasteiger partial charge in [0.1, 0.15) is 12.7 Å². The first-order valence-electron chi connectivity index (χ1n) is 16.0. The molecule has 6 aromatic rings. The van der Waals surface area contributed by atoms with E-state index in [0.29, 0.717) is 34.9 Å². The first-order valence-corrected chi connectivity index (χ1v) is 16.0. The third-order valence-corrected chi connectivity index (χ3v) is 8.49. The third-order valence-electron chi connectivity index (χ3n) is 8.49. The molecule has 52 heavy (non-hydrogen) atoms. The van der Waals surface area contributed by atoms with E-state index in [1.807, 2.05) is 77.4 Å². The fraction of sp³-hybridized carbons (Fsp3) is 0.100. The van der Waals surface area contributed by atoms with Crippen LogP contribution >= 0.6 is 0 Å². The van der Waals surface area contributed by atoms with Crippen LogP contribution in [0, 0.1) is 24.7 Å². The van der Waals surface area contributed by atoms with Crippen molar-refractivity contribution in [2.45, 2.75) is 13.1 Å². The van der Waals surface area contributed by atoms with Gasteiger partial charge in [-0.05, 0) is 60.7 Å². The molecule has 0 atom stereocenters. The molecule has 0 radical (unpaired) electrons. The van der Waals surface area contributed by atoms with Crippen molar-refractivity contribution in [2.75, 3.05) is 14.1 Å². The zero-order chi connectivity index (χ0) is 36.4. The molecule has 2 aliphatic heterocycles. The zero-order valence-corrected chi connectivity index (χ0v) is 28.1. The summed E-state index contributed by atoms with van der Waals surface area (Å²) in [5.74, 6) is 4.07. The van der Waals surface area contributed by atoms with Gasteiger partial charge >= 0.3 is 5.97 Å². The van der Waals surface area contributed by atoms with Crippen LogP contribution in [0.5, 0.6) is 0 Å². The lowest BCUT2D eigenvalue weighted by molar-refractivity contribution is 0.0689. The molecule has 0 spiro atoms. The molecule has 12 heteroatoms. The number of carbonyl (C=O) groups is 2. The molecule has 0 bridgehead atoms. The summed E-state index contributed by atoms with van der Waals surface area (Å²) in [6.07, 6.45) is 17.7. The Morgan fingerprint density at radius 2 is 1.17 bits per heavy atom. The molecule has 0 aliphatic carbocycles. The van der Waals surface area contributed by atoms with Gasteiger partial charge in [-0.25, -0.2) is 14.8 Å². The number of carbonyl (C=O) groups excluding carboxylic acids is 1. The number of pyridine rings is 2. The van der Waals surface area contributed by atoms with Crippen molar-refractivity contribution in [3.05, 3.63) is 154 Å². The van der Waals surface area contributed by atoms with E-state index in [1.54, 1.807) is 37.4 Å². The Morgan fingerprint density at radius 3 is 1.60 bits per heavy atom. The monoisotopic (exact) mass is 683 g/mol. The SMILES string of the molecule is C#Cc1ccc2c(c1)C(c1ccccn1)=NCc1c(C(=O)N(C)C)ncn1-2.C#Cc1ccc2c(c1)C(c1ccccn1)=NCc1c(C(=O)O)ncn1-2. The van der Waals surface area contributed by atoms with Crippen molar-refractivity contribution in [1.29, 1.82) is 0 Å². The third kappa shape index (κ3) is 6.01. The Bertz CT molecular complexity index is 2510. The zero-order valence-electron chi connectivity index (χ0n) is 28.1. The van der Waals surface area contributed by atoms with Crippen molar-refractivity contribution < 1.29 is 14.7 Å². The van der Waals surface area contributed by atoms with Gasteiger partial charge in [0.2, 0.25) is 0 Å². The van der Waals surface area contributed by atoms with Crippen LogP contribution in [0.25, 0.3) is 11.4 Å². The van der Waals surface area contributed by atoms with E-state index < -0.39 is 5.97 Å². The summed E-state index contributed by atoms with van der Waals surface area (Å²) < 4.78 is 3.66. The Labute approximate surface area is 298 Å². The Morgan fingerprint density at radius 1 is 0.692 bits per heavy atom. The first-order chi connectivity index (χ1) is 25.3. The Kier molecular flexibility index (Phi) is 8.79. The minimum Gasteiger partial charge on any atom is -0.476 e. The molecule has 2 aliphatic rings. The second kappa shape index (κ2) is 13.8. The second-order valence-corrected chi connectivity index (χ2v) is 11.8. The quantitative estimate of drug-likeness (QED) is 0.268. The van der Waals surface area contributed by atoms with E-state index in [2.05, 4.69) is 36.8 Å². The number of fused-ring (bicyclic) bond motifs is 6. The molecule has 0 unspecified atom stereocenters. The van der Waals surface area contributed by atoms with E-state index in [9.17, 15) is 14.7 Å². The maximum atomic E-state index is 12.5. The number of hydrogen-bond donors (Lipinski definition) is 1. The lowest BCUT2D eigenvalue weighted by Crippen LogP contribution is -2.23. The minimum atomic E-state index is -1.08. The largest absolute Gasteiger partial charge is 0.476 e. The highest BCUT2D eigenvalue weighted by molar-refractivity contribution is 6.15. The molecule has 1 N–H and O–H groups in total. The summed E-state index contributed by atoms with van der Waals surface area (Å²) in [5.41, 5.74) is 9.31. The molecule has 0 saturated carbocycles.